The van der Waals surface area contributed by atoms with E-state index in [-0.39, 0.29) is 6.54 Å². The summed E-state index contributed by atoms with van der Waals surface area (Å²) >= 11 is 0. The van der Waals surface area contributed by atoms with E-state index in [0.29, 0.717) is 12.2 Å². The van der Waals surface area contributed by atoms with Gasteiger partial charge >= 0.3 is 6.18 Å². The summed E-state index contributed by atoms with van der Waals surface area (Å²) < 4.78 is 42.0. The molecule has 19 heavy (non-hydrogen) atoms. The summed E-state index contributed by atoms with van der Waals surface area (Å²) in [6, 6.07) is 7.22. The lowest BCUT2D eigenvalue weighted by atomic mass is 9.92. The summed E-state index contributed by atoms with van der Waals surface area (Å²) in [5.74, 6) is 0.649. The molecule has 1 unspecified atom stereocenters. The average Bonchev–Trinajstić information content (AvgIpc) is 2.36. The van der Waals surface area contributed by atoms with E-state index >= 15 is 0 Å². The van der Waals surface area contributed by atoms with Crippen LogP contribution in [-0.2, 0) is 6.42 Å². The summed E-state index contributed by atoms with van der Waals surface area (Å²) in [7, 11) is 1.53. The number of hydrogen-bond acceptors (Lipinski definition) is 3. The lowest BCUT2D eigenvalue weighted by molar-refractivity contribution is -0.128. The van der Waals surface area contributed by atoms with Crippen LogP contribution in [-0.4, -0.2) is 31.9 Å². The van der Waals surface area contributed by atoms with Crippen molar-refractivity contribution in [2.24, 2.45) is 5.73 Å². The number of benzene rings is 1. The average molecular weight is 276 g/mol. The third-order valence-corrected chi connectivity index (χ3v) is 2.94. The molecular weight excluding hydrogens is 257 g/mol. The number of ether oxygens (including phenoxy) is 1. The quantitative estimate of drug-likeness (QED) is 0.836. The maximum atomic E-state index is 12.3. The van der Waals surface area contributed by atoms with Gasteiger partial charge in [0.1, 0.15) is 5.75 Å². The molecule has 6 heteroatoms. The van der Waals surface area contributed by atoms with Crippen LogP contribution >= 0.6 is 0 Å². The van der Waals surface area contributed by atoms with E-state index in [9.17, 15) is 13.2 Å². The van der Waals surface area contributed by atoms with Crippen LogP contribution in [0, 0.1) is 0 Å². The molecule has 1 rings (SSSR count). The summed E-state index contributed by atoms with van der Waals surface area (Å²) in [6.45, 7) is 0.710. The zero-order valence-electron chi connectivity index (χ0n) is 11.1. The molecule has 1 atom stereocenters. The van der Waals surface area contributed by atoms with Crippen LogP contribution in [0.5, 0.6) is 5.75 Å². The molecule has 0 heterocycles. The number of nitrogens with one attached hydrogen (secondary N) is 1. The van der Waals surface area contributed by atoms with Crippen molar-refractivity contribution in [2.45, 2.75) is 25.1 Å². The minimum atomic E-state index is -4.25. The van der Waals surface area contributed by atoms with E-state index < -0.39 is 18.3 Å². The number of rotatable bonds is 6. The van der Waals surface area contributed by atoms with Crippen molar-refractivity contribution in [3.05, 3.63) is 29.8 Å². The van der Waals surface area contributed by atoms with E-state index in [1.807, 2.05) is 18.2 Å². The number of hydrogen-bond donors (Lipinski definition) is 2. The van der Waals surface area contributed by atoms with Gasteiger partial charge in [0, 0.05) is 12.1 Å². The highest BCUT2D eigenvalue weighted by molar-refractivity contribution is 5.34. The van der Waals surface area contributed by atoms with Gasteiger partial charge in [0.2, 0.25) is 0 Å². The second kappa shape index (κ2) is 6.25. The summed E-state index contributed by atoms with van der Waals surface area (Å²) in [5, 5.41) is 2.48. The van der Waals surface area contributed by atoms with Crippen molar-refractivity contribution >= 4 is 0 Å². The first-order valence-corrected chi connectivity index (χ1v) is 5.93. The summed E-state index contributed by atoms with van der Waals surface area (Å²) in [6.07, 6.45) is -3.89. The molecule has 0 fully saturated rings. The Hall–Kier alpha value is -1.27. The predicted molar refractivity (Wildman–Crippen MR) is 68.2 cm³/mol. The van der Waals surface area contributed by atoms with E-state index in [1.165, 1.54) is 7.11 Å². The van der Waals surface area contributed by atoms with Crippen molar-refractivity contribution < 1.29 is 17.9 Å². The van der Waals surface area contributed by atoms with Gasteiger partial charge in [-0.2, -0.15) is 13.2 Å². The number of alkyl halides is 3. The van der Waals surface area contributed by atoms with Gasteiger partial charge in [-0.25, -0.2) is 0 Å². The predicted octanol–water partition coefficient (Wildman–Crippen LogP) is 2.11. The molecule has 0 amide bonds. The monoisotopic (exact) mass is 276 g/mol. The Bertz CT molecular complexity index is 409. The van der Waals surface area contributed by atoms with Crippen LogP contribution in [0.15, 0.2) is 24.3 Å². The normalized spacial score (nSPS) is 15.1. The van der Waals surface area contributed by atoms with Crippen molar-refractivity contribution in [3.8, 4) is 5.75 Å². The van der Waals surface area contributed by atoms with Crippen LogP contribution in [0.25, 0.3) is 0 Å². The molecule has 0 aromatic heterocycles. The van der Waals surface area contributed by atoms with Gasteiger partial charge in [-0.15, -0.1) is 0 Å². The fraction of sp³-hybridized carbons (Fsp3) is 0.538. The van der Waals surface area contributed by atoms with Gasteiger partial charge in [0.25, 0.3) is 0 Å². The Morgan fingerprint density at radius 3 is 2.42 bits per heavy atom. The van der Waals surface area contributed by atoms with Crippen LogP contribution in [0.4, 0.5) is 13.2 Å². The number of methoxy groups -OCH3 is 1. The number of para-hydroxylation sites is 1. The van der Waals surface area contributed by atoms with Crippen LogP contribution in [0.1, 0.15) is 12.5 Å². The standard InChI is InChI=1S/C13H19F3N2O/c1-12(8-17,18-9-13(14,15)16)7-10-5-3-4-6-11(10)19-2/h3-6,18H,7-9,17H2,1-2H3. The van der Waals surface area contributed by atoms with Crippen molar-refractivity contribution in [3.63, 3.8) is 0 Å². The molecule has 0 saturated heterocycles. The van der Waals surface area contributed by atoms with Crippen molar-refractivity contribution in [2.75, 3.05) is 20.2 Å². The molecule has 1 aromatic carbocycles. The second-order valence-electron chi connectivity index (χ2n) is 4.72. The topological polar surface area (TPSA) is 47.3 Å². The molecular formula is C13H19F3N2O. The first kappa shape index (κ1) is 15.8. The SMILES string of the molecule is COc1ccccc1CC(C)(CN)NCC(F)(F)F. The molecule has 108 valence electrons. The molecule has 3 N–H and O–H groups in total. The number of nitrogens with two attached hydrogens (primary N) is 1. The first-order valence-electron chi connectivity index (χ1n) is 5.93. The van der Waals surface area contributed by atoms with Gasteiger partial charge in [0.15, 0.2) is 0 Å². The summed E-state index contributed by atoms with van der Waals surface area (Å²) in [5.41, 5.74) is 5.60. The lowest BCUT2D eigenvalue weighted by Gasteiger charge is -2.30. The van der Waals surface area contributed by atoms with Crippen LogP contribution in [0.2, 0.25) is 0 Å². The van der Waals surface area contributed by atoms with Gasteiger partial charge in [0.05, 0.1) is 13.7 Å². The van der Waals surface area contributed by atoms with Gasteiger partial charge in [-0.05, 0) is 25.0 Å². The number of halogens is 3. The van der Waals surface area contributed by atoms with E-state index in [1.54, 1.807) is 13.0 Å². The summed E-state index contributed by atoms with van der Waals surface area (Å²) in [4.78, 5) is 0. The highest BCUT2D eigenvalue weighted by Crippen LogP contribution is 2.23. The molecule has 0 spiro atoms. The third kappa shape index (κ3) is 5.08. The Kier molecular flexibility index (Phi) is 5.20. The molecule has 0 aliphatic rings. The lowest BCUT2D eigenvalue weighted by Crippen LogP contribution is -2.53. The van der Waals surface area contributed by atoms with Gasteiger partial charge in [-0.1, -0.05) is 18.2 Å². The van der Waals surface area contributed by atoms with Crippen molar-refractivity contribution in [1.82, 2.24) is 5.32 Å². The molecule has 1 aromatic rings. The van der Waals surface area contributed by atoms with Gasteiger partial charge < -0.3 is 15.8 Å². The Morgan fingerprint density at radius 1 is 1.26 bits per heavy atom. The second-order valence-corrected chi connectivity index (χ2v) is 4.72. The first-order chi connectivity index (χ1) is 8.79. The van der Waals surface area contributed by atoms with E-state index in [4.69, 9.17) is 10.5 Å². The highest BCUT2D eigenvalue weighted by Gasteiger charge is 2.32. The molecule has 0 aliphatic carbocycles. The molecule has 0 aliphatic heterocycles. The fourth-order valence-corrected chi connectivity index (χ4v) is 1.79. The van der Waals surface area contributed by atoms with E-state index in [2.05, 4.69) is 5.32 Å². The van der Waals surface area contributed by atoms with Gasteiger partial charge in [-0.3, -0.25) is 0 Å². The maximum Gasteiger partial charge on any atom is 0.401 e. The third-order valence-electron chi connectivity index (χ3n) is 2.94. The molecule has 0 bridgehead atoms. The molecule has 0 saturated carbocycles. The molecule has 0 radical (unpaired) electrons. The largest absolute Gasteiger partial charge is 0.496 e. The Balaban J connectivity index is 2.80. The van der Waals surface area contributed by atoms with Crippen LogP contribution in [0.3, 0.4) is 0 Å². The fourth-order valence-electron chi connectivity index (χ4n) is 1.79. The zero-order chi connectivity index (χ0) is 14.5. The van der Waals surface area contributed by atoms with Crippen LogP contribution < -0.4 is 15.8 Å². The Morgan fingerprint density at radius 2 is 1.89 bits per heavy atom. The minimum Gasteiger partial charge on any atom is -0.496 e. The highest BCUT2D eigenvalue weighted by atomic mass is 19.4. The Labute approximate surface area is 110 Å². The smallest absolute Gasteiger partial charge is 0.401 e. The molecule has 3 nitrogen and oxygen atoms in total. The minimum absolute atomic E-state index is 0.0983. The van der Waals surface area contributed by atoms with E-state index in [0.717, 1.165) is 5.56 Å². The maximum absolute atomic E-state index is 12.3. The van der Waals surface area contributed by atoms with Crippen molar-refractivity contribution in [1.29, 1.82) is 0 Å². The zero-order valence-corrected chi connectivity index (χ0v) is 11.1.